The fourth-order valence-corrected chi connectivity index (χ4v) is 4.07. The van der Waals surface area contributed by atoms with Gasteiger partial charge in [-0.1, -0.05) is 12.1 Å². The Morgan fingerprint density at radius 3 is 2.47 bits per heavy atom. The van der Waals surface area contributed by atoms with Crippen LogP contribution in [0.4, 0.5) is 19.0 Å². The maximum atomic E-state index is 15.5. The predicted molar refractivity (Wildman–Crippen MR) is 118 cm³/mol. The number of benzene rings is 2. The first-order valence-electron chi connectivity index (χ1n) is 9.92. The summed E-state index contributed by atoms with van der Waals surface area (Å²) in [6, 6.07) is 8.52. The Morgan fingerprint density at radius 2 is 1.72 bits per heavy atom. The Balaban J connectivity index is 1.60. The van der Waals surface area contributed by atoms with E-state index in [4.69, 9.17) is 5.73 Å². The third-order valence-corrected chi connectivity index (χ3v) is 5.45. The molecule has 8 heteroatoms. The average Bonchev–Trinajstić information content (AvgIpc) is 3.04. The molecule has 3 aromatic heterocycles. The minimum absolute atomic E-state index is 0.227. The molecular formula is C24H18F3N5. The lowest BCUT2D eigenvalue weighted by molar-refractivity contribution is 0.580. The van der Waals surface area contributed by atoms with Crippen LogP contribution >= 0.6 is 0 Å². The molecule has 32 heavy (non-hydrogen) atoms. The molecule has 160 valence electrons. The molecular weight excluding hydrogens is 415 g/mol. The Bertz CT molecular complexity index is 1500. The average molecular weight is 433 g/mol. The van der Waals surface area contributed by atoms with Gasteiger partial charge in [-0.25, -0.2) is 23.1 Å². The molecule has 5 rings (SSSR count). The van der Waals surface area contributed by atoms with Crippen LogP contribution in [-0.2, 0) is 13.5 Å². The standard InChI is InChI=1S/C24H18F3N5/c1-12-30-23(28)21-20(11-32(2)24(21)31-12)18-4-3-14-8-17(29-10-19(14)22(18)27)7-13-5-15(25)9-16(26)6-13/h3-6,8-11H,7H2,1-2H3,(H2,28,30,31). The molecule has 0 atom stereocenters. The van der Waals surface area contributed by atoms with Crippen molar-refractivity contribution in [2.75, 3.05) is 5.73 Å². The van der Waals surface area contributed by atoms with Crippen LogP contribution in [0.1, 0.15) is 17.1 Å². The van der Waals surface area contributed by atoms with E-state index in [1.807, 2.05) is 7.05 Å². The van der Waals surface area contributed by atoms with Gasteiger partial charge in [0.05, 0.1) is 5.39 Å². The van der Waals surface area contributed by atoms with Crippen molar-refractivity contribution >= 4 is 27.6 Å². The number of hydrogen-bond donors (Lipinski definition) is 1. The lowest BCUT2D eigenvalue weighted by Crippen LogP contribution is -1.99. The van der Waals surface area contributed by atoms with Crippen LogP contribution in [0.5, 0.6) is 0 Å². The van der Waals surface area contributed by atoms with Crippen molar-refractivity contribution in [1.29, 1.82) is 0 Å². The van der Waals surface area contributed by atoms with Gasteiger partial charge in [0, 0.05) is 54.1 Å². The monoisotopic (exact) mass is 433 g/mol. The summed E-state index contributed by atoms with van der Waals surface area (Å²) in [4.78, 5) is 13.0. The molecule has 0 saturated heterocycles. The minimum atomic E-state index is -0.648. The summed E-state index contributed by atoms with van der Waals surface area (Å²) < 4.78 is 44.3. The lowest BCUT2D eigenvalue weighted by atomic mass is 10.00. The van der Waals surface area contributed by atoms with Gasteiger partial charge in [0.2, 0.25) is 0 Å². The second-order valence-electron chi connectivity index (χ2n) is 7.79. The van der Waals surface area contributed by atoms with E-state index in [9.17, 15) is 8.78 Å². The van der Waals surface area contributed by atoms with Crippen molar-refractivity contribution < 1.29 is 13.2 Å². The first-order valence-corrected chi connectivity index (χ1v) is 9.92. The highest BCUT2D eigenvalue weighted by Gasteiger charge is 2.19. The van der Waals surface area contributed by atoms with Gasteiger partial charge in [0.15, 0.2) is 0 Å². The zero-order chi connectivity index (χ0) is 22.6. The second kappa shape index (κ2) is 7.33. The number of anilines is 1. The summed E-state index contributed by atoms with van der Waals surface area (Å²) in [5.41, 5.74) is 8.75. The molecule has 0 amide bonds. The van der Waals surface area contributed by atoms with Crippen LogP contribution in [0.15, 0.2) is 48.8 Å². The van der Waals surface area contributed by atoms with Gasteiger partial charge in [-0.05, 0) is 36.1 Å². The topological polar surface area (TPSA) is 69.6 Å². The van der Waals surface area contributed by atoms with Gasteiger partial charge in [-0.2, -0.15) is 0 Å². The Hall–Kier alpha value is -3.94. The number of aromatic nitrogens is 4. The summed E-state index contributed by atoms with van der Waals surface area (Å²) in [6.07, 6.45) is 3.44. The number of aryl methyl sites for hydroxylation is 2. The molecule has 0 aliphatic rings. The molecule has 3 heterocycles. The Kier molecular flexibility index (Phi) is 4.58. The van der Waals surface area contributed by atoms with Crippen molar-refractivity contribution in [3.63, 3.8) is 0 Å². The molecule has 5 aromatic rings. The van der Waals surface area contributed by atoms with Gasteiger partial charge >= 0.3 is 0 Å². The third-order valence-electron chi connectivity index (χ3n) is 5.45. The zero-order valence-corrected chi connectivity index (χ0v) is 17.3. The van der Waals surface area contributed by atoms with Gasteiger partial charge in [0.1, 0.15) is 34.7 Å². The summed E-state index contributed by atoms with van der Waals surface area (Å²) in [7, 11) is 1.82. The molecule has 0 fully saturated rings. The zero-order valence-electron chi connectivity index (χ0n) is 17.3. The summed E-state index contributed by atoms with van der Waals surface area (Å²) >= 11 is 0. The van der Waals surface area contributed by atoms with E-state index in [1.54, 1.807) is 35.9 Å². The van der Waals surface area contributed by atoms with Crippen molar-refractivity contribution in [1.82, 2.24) is 19.5 Å². The van der Waals surface area contributed by atoms with E-state index in [0.717, 1.165) is 6.07 Å². The predicted octanol–water partition coefficient (Wildman–Crippen LogP) is 5.08. The Labute approximate surface area is 181 Å². The van der Waals surface area contributed by atoms with E-state index in [-0.39, 0.29) is 6.42 Å². The highest BCUT2D eigenvalue weighted by molar-refractivity contribution is 6.02. The highest BCUT2D eigenvalue weighted by Crippen LogP contribution is 2.36. The van der Waals surface area contributed by atoms with Crippen LogP contribution in [0.25, 0.3) is 32.9 Å². The lowest BCUT2D eigenvalue weighted by Gasteiger charge is -2.09. The summed E-state index contributed by atoms with van der Waals surface area (Å²) in [5.74, 6) is -0.907. The molecule has 0 bridgehead atoms. The Morgan fingerprint density at radius 1 is 0.969 bits per heavy atom. The number of nitrogens with zero attached hydrogens (tertiary/aromatic N) is 4. The third kappa shape index (κ3) is 3.33. The number of rotatable bonds is 3. The number of fused-ring (bicyclic) bond motifs is 2. The molecule has 0 aliphatic carbocycles. The molecule has 0 aliphatic heterocycles. The number of pyridine rings is 1. The van der Waals surface area contributed by atoms with Gasteiger partial charge in [-0.3, -0.25) is 4.98 Å². The highest BCUT2D eigenvalue weighted by atomic mass is 19.1. The fraction of sp³-hybridized carbons (Fsp3) is 0.125. The molecule has 0 saturated carbocycles. The smallest absolute Gasteiger partial charge is 0.146 e. The van der Waals surface area contributed by atoms with Gasteiger partial charge in [-0.15, -0.1) is 0 Å². The van der Waals surface area contributed by atoms with E-state index in [0.29, 0.717) is 55.8 Å². The second-order valence-corrected chi connectivity index (χ2v) is 7.79. The molecule has 0 unspecified atom stereocenters. The maximum Gasteiger partial charge on any atom is 0.146 e. The SMILES string of the molecule is Cc1nc(N)c2c(-c3ccc4cc(Cc5cc(F)cc(F)c5)ncc4c3F)cn(C)c2n1. The van der Waals surface area contributed by atoms with Crippen molar-refractivity contribution in [3.05, 3.63) is 83.3 Å². The van der Waals surface area contributed by atoms with Crippen molar-refractivity contribution in [3.8, 4) is 11.1 Å². The largest absolute Gasteiger partial charge is 0.383 e. The van der Waals surface area contributed by atoms with Crippen LogP contribution in [0, 0.1) is 24.4 Å². The van der Waals surface area contributed by atoms with E-state index < -0.39 is 17.5 Å². The fourth-order valence-electron chi connectivity index (χ4n) is 4.07. The van der Waals surface area contributed by atoms with E-state index >= 15 is 4.39 Å². The van der Waals surface area contributed by atoms with Crippen LogP contribution in [-0.4, -0.2) is 19.5 Å². The minimum Gasteiger partial charge on any atom is -0.383 e. The number of halogens is 3. The van der Waals surface area contributed by atoms with Crippen molar-refractivity contribution in [2.24, 2.45) is 7.05 Å². The first-order chi connectivity index (χ1) is 15.3. The van der Waals surface area contributed by atoms with Crippen molar-refractivity contribution in [2.45, 2.75) is 13.3 Å². The van der Waals surface area contributed by atoms with Crippen LogP contribution in [0.3, 0.4) is 0 Å². The first kappa shape index (κ1) is 20.0. The molecule has 0 radical (unpaired) electrons. The molecule has 5 nitrogen and oxygen atoms in total. The number of nitrogen functional groups attached to an aromatic ring is 1. The molecule has 2 N–H and O–H groups in total. The summed E-state index contributed by atoms with van der Waals surface area (Å²) in [5, 5.41) is 1.56. The van der Waals surface area contributed by atoms with E-state index in [2.05, 4.69) is 15.0 Å². The quantitative estimate of drug-likeness (QED) is 0.431. The van der Waals surface area contributed by atoms with Crippen LogP contribution in [0.2, 0.25) is 0 Å². The normalized spacial score (nSPS) is 11.5. The van der Waals surface area contributed by atoms with Crippen LogP contribution < -0.4 is 5.73 Å². The van der Waals surface area contributed by atoms with Gasteiger partial charge < -0.3 is 10.3 Å². The number of nitrogens with two attached hydrogens (primary N) is 1. The van der Waals surface area contributed by atoms with Gasteiger partial charge in [0.25, 0.3) is 0 Å². The van der Waals surface area contributed by atoms with E-state index in [1.165, 1.54) is 18.3 Å². The number of hydrogen-bond acceptors (Lipinski definition) is 4. The molecule has 0 spiro atoms. The summed E-state index contributed by atoms with van der Waals surface area (Å²) in [6.45, 7) is 1.75. The molecule has 2 aromatic carbocycles. The maximum absolute atomic E-state index is 15.5.